The van der Waals surface area contributed by atoms with Crippen LogP contribution in [0.5, 0.6) is 11.5 Å². The van der Waals surface area contributed by atoms with Crippen LogP contribution in [-0.2, 0) is 9.59 Å². The lowest BCUT2D eigenvalue weighted by molar-refractivity contribution is -0.132. The summed E-state index contributed by atoms with van der Waals surface area (Å²) in [5.41, 5.74) is 3.55. The molecule has 1 unspecified atom stereocenters. The number of aryl methyl sites for hydroxylation is 2. The summed E-state index contributed by atoms with van der Waals surface area (Å²) in [7, 11) is 0. The van der Waals surface area contributed by atoms with E-state index in [0.29, 0.717) is 35.1 Å². The Morgan fingerprint density at radius 3 is 2.34 bits per heavy atom. The summed E-state index contributed by atoms with van der Waals surface area (Å²) in [5.74, 6) is -0.820. The van der Waals surface area contributed by atoms with Gasteiger partial charge in [-0.1, -0.05) is 44.2 Å². The molecule has 0 saturated carbocycles. The number of amides is 1. The molecule has 3 aromatic carbocycles. The lowest BCUT2D eigenvalue weighted by Gasteiger charge is -2.26. The first-order valence-electron chi connectivity index (χ1n) is 11.6. The fourth-order valence-corrected chi connectivity index (χ4v) is 4.10. The molecule has 3 aromatic rings. The van der Waals surface area contributed by atoms with Crippen molar-refractivity contribution in [3.63, 3.8) is 0 Å². The van der Waals surface area contributed by atoms with E-state index >= 15 is 0 Å². The Morgan fingerprint density at radius 1 is 0.971 bits per heavy atom. The summed E-state index contributed by atoms with van der Waals surface area (Å²) in [5, 5.41) is 21.1. The first-order chi connectivity index (χ1) is 16.7. The Bertz CT molecular complexity index is 1310. The number of hydrogen-bond donors (Lipinski definition) is 2. The van der Waals surface area contributed by atoms with E-state index in [2.05, 4.69) is 0 Å². The van der Waals surface area contributed by atoms with Gasteiger partial charge >= 0.3 is 0 Å². The number of hydrogen-bond acceptors (Lipinski definition) is 5. The van der Waals surface area contributed by atoms with Crippen molar-refractivity contribution in [1.29, 1.82) is 0 Å². The van der Waals surface area contributed by atoms with Gasteiger partial charge in [-0.15, -0.1) is 0 Å². The van der Waals surface area contributed by atoms with Crippen LogP contribution in [0.2, 0.25) is 0 Å². The summed E-state index contributed by atoms with van der Waals surface area (Å²) in [6.45, 7) is 8.49. The van der Waals surface area contributed by atoms with Crippen LogP contribution in [0.1, 0.15) is 42.1 Å². The van der Waals surface area contributed by atoms with E-state index in [4.69, 9.17) is 4.74 Å². The smallest absolute Gasteiger partial charge is 0.300 e. The maximum Gasteiger partial charge on any atom is 0.300 e. The maximum atomic E-state index is 13.3. The van der Waals surface area contributed by atoms with Gasteiger partial charge in [0.1, 0.15) is 17.3 Å². The highest BCUT2D eigenvalue weighted by molar-refractivity contribution is 6.51. The fourth-order valence-electron chi connectivity index (χ4n) is 4.10. The molecule has 0 spiro atoms. The number of rotatable bonds is 6. The van der Waals surface area contributed by atoms with E-state index < -0.39 is 17.7 Å². The fraction of sp³-hybridized carbons (Fsp3) is 0.241. The van der Waals surface area contributed by atoms with E-state index in [9.17, 15) is 19.8 Å². The number of nitrogens with zero attached hydrogens (tertiary/aromatic N) is 1. The largest absolute Gasteiger partial charge is 0.508 e. The Balaban J connectivity index is 1.87. The number of carbonyl (C=O) groups is 2. The topological polar surface area (TPSA) is 87.1 Å². The van der Waals surface area contributed by atoms with Gasteiger partial charge in [0.15, 0.2) is 0 Å². The number of benzene rings is 3. The number of aromatic hydroxyl groups is 1. The molecule has 0 bridgehead atoms. The van der Waals surface area contributed by atoms with E-state index in [0.717, 1.165) is 11.1 Å². The summed E-state index contributed by atoms with van der Waals surface area (Å²) in [6.07, 6.45) is 0. The second kappa shape index (κ2) is 9.66. The zero-order chi connectivity index (χ0) is 25.3. The van der Waals surface area contributed by atoms with Crippen molar-refractivity contribution in [2.45, 2.75) is 33.7 Å². The van der Waals surface area contributed by atoms with Crippen molar-refractivity contribution < 1.29 is 24.5 Å². The molecule has 35 heavy (non-hydrogen) atoms. The molecule has 180 valence electrons. The second-order valence-corrected chi connectivity index (χ2v) is 9.26. The molecule has 6 nitrogen and oxygen atoms in total. The third-order valence-electron chi connectivity index (χ3n) is 6.11. The lowest BCUT2D eigenvalue weighted by atomic mass is 9.95. The summed E-state index contributed by atoms with van der Waals surface area (Å²) in [4.78, 5) is 28.0. The summed E-state index contributed by atoms with van der Waals surface area (Å²) < 4.78 is 5.78. The molecule has 1 amide bonds. The third-order valence-corrected chi connectivity index (χ3v) is 6.11. The average Bonchev–Trinajstić information content (AvgIpc) is 3.10. The molecular formula is C29H29NO5. The maximum absolute atomic E-state index is 13.3. The minimum Gasteiger partial charge on any atom is -0.508 e. The lowest BCUT2D eigenvalue weighted by Crippen LogP contribution is -2.29. The zero-order valence-corrected chi connectivity index (χ0v) is 20.3. The molecule has 4 rings (SSSR count). The van der Waals surface area contributed by atoms with Gasteiger partial charge in [0, 0.05) is 11.3 Å². The number of anilines is 1. The number of carbonyl (C=O) groups excluding carboxylic acids is 2. The number of aliphatic hydroxyl groups excluding tert-OH is 1. The molecule has 1 aliphatic heterocycles. The van der Waals surface area contributed by atoms with E-state index in [1.807, 2.05) is 39.8 Å². The van der Waals surface area contributed by atoms with Crippen LogP contribution in [0.25, 0.3) is 5.76 Å². The number of aliphatic hydroxyl groups is 1. The highest BCUT2D eigenvalue weighted by Crippen LogP contribution is 2.43. The van der Waals surface area contributed by atoms with E-state index in [1.54, 1.807) is 42.5 Å². The third kappa shape index (κ3) is 4.78. The van der Waals surface area contributed by atoms with Crippen molar-refractivity contribution in [3.05, 3.63) is 94.6 Å². The van der Waals surface area contributed by atoms with Gasteiger partial charge in [-0.2, -0.15) is 0 Å². The Labute approximate surface area is 205 Å². The highest BCUT2D eigenvalue weighted by Gasteiger charge is 2.47. The number of phenols is 1. The van der Waals surface area contributed by atoms with Crippen LogP contribution in [0.15, 0.2) is 72.3 Å². The number of ether oxygens (including phenoxy) is 1. The van der Waals surface area contributed by atoms with Gasteiger partial charge in [0.05, 0.1) is 18.2 Å². The van der Waals surface area contributed by atoms with Crippen molar-refractivity contribution in [3.8, 4) is 11.5 Å². The second-order valence-electron chi connectivity index (χ2n) is 9.26. The van der Waals surface area contributed by atoms with Gasteiger partial charge in [-0.25, -0.2) is 0 Å². The highest BCUT2D eigenvalue weighted by atomic mass is 16.5. The van der Waals surface area contributed by atoms with Crippen molar-refractivity contribution in [2.75, 3.05) is 11.5 Å². The van der Waals surface area contributed by atoms with Gasteiger partial charge < -0.3 is 14.9 Å². The van der Waals surface area contributed by atoms with E-state index in [1.165, 1.54) is 17.0 Å². The molecule has 6 heteroatoms. The Kier molecular flexibility index (Phi) is 6.65. The number of ketones is 1. The standard InChI is InChI=1S/C29H29NO5/c1-17(2)16-35-24-7-5-6-21(15-24)27(32)25-26(20-9-12-23(31)13-10-20)30(29(34)28(25)33)22-11-8-18(3)19(4)14-22/h5-15,17,26,31-32H,16H2,1-4H3/b27-25+. The van der Waals surface area contributed by atoms with Crippen LogP contribution in [0, 0.1) is 19.8 Å². The summed E-state index contributed by atoms with van der Waals surface area (Å²) >= 11 is 0. The van der Waals surface area contributed by atoms with Crippen LogP contribution >= 0.6 is 0 Å². The normalized spacial score (nSPS) is 17.3. The summed E-state index contributed by atoms with van der Waals surface area (Å²) in [6, 6.07) is 17.8. The molecule has 1 atom stereocenters. The zero-order valence-electron chi connectivity index (χ0n) is 20.3. The molecular weight excluding hydrogens is 442 g/mol. The van der Waals surface area contributed by atoms with Gasteiger partial charge in [-0.3, -0.25) is 14.5 Å². The number of phenolic OH excluding ortho intramolecular Hbond substituents is 1. The quantitative estimate of drug-likeness (QED) is 0.275. The molecule has 0 aliphatic carbocycles. The van der Waals surface area contributed by atoms with Crippen molar-refractivity contribution >= 4 is 23.1 Å². The molecule has 0 aromatic heterocycles. The molecule has 0 radical (unpaired) electrons. The monoisotopic (exact) mass is 471 g/mol. The van der Waals surface area contributed by atoms with Crippen LogP contribution in [0.3, 0.4) is 0 Å². The van der Waals surface area contributed by atoms with Crippen LogP contribution in [0.4, 0.5) is 5.69 Å². The van der Waals surface area contributed by atoms with Crippen LogP contribution < -0.4 is 9.64 Å². The average molecular weight is 472 g/mol. The SMILES string of the molecule is Cc1ccc(N2C(=O)C(=O)/C(=C(/O)c3cccc(OCC(C)C)c3)C2c2ccc(O)cc2)cc1C. The predicted octanol–water partition coefficient (Wildman–Crippen LogP) is 5.67. The molecule has 1 fully saturated rings. The first-order valence-corrected chi connectivity index (χ1v) is 11.6. The predicted molar refractivity (Wildman–Crippen MR) is 136 cm³/mol. The number of Topliss-reactive ketones (excluding diaryl/α,β-unsaturated/α-hetero) is 1. The molecule has 2 N–H and O–H groups in total. The van der Waals surface area contributed by atoms with Crippen LogP contribution in [-0.4, -0.2) is 28.5 Å². The van der Waals surface area contributed by atoms with Gasteiger partial charge in [0.25, 0.3) is 11.7 Å². The molecule has 1 aliphatic rings. The van der Waals surface area contributed by atoms with Crippen molar-refractivity contribution in [1.82, 2.24) is 0 Å². The molecule has 1 heterocycles. The van der Waals surface area contributed by atoms with E-state index in [-0.39, 0.29) is 17.1 Å². The minimum atomic E-state index is -0.863. The van der Waals surface area contributed by atoms with Gasteiger partial charge in [0.2, 0.25) is 0 Å². The van der Waals surface area contributed by atoms with Gasteiger partial charge in [-0.05, 0) is 72.9 Å². The first kappa shape index (κ1) is 24.1. The van der Waals surface area contributed by atoms with Crippen molar-refractivity contribution in [2.24, 2.45) is 5.92 Å². The molecule has 1 saturated heterocycles. The Hall–Kier alpha value is -4.06. The minimum absolute atomic E-state index is 0.0140. The Morgan fingerprint density at radius 2 is 1.69 bits per heavy atom.